The molecule has 6 nitrogen and oxygen atoms in total. The van der Waals surface area contributed by atoms with Gasteiger partial charge in [0.25, 0.3) is 0 Å². The van der Waals surface area contributed by atoms with Crippen LogP contribution < -0.4 is 15.5 Å². The molecule has 0 aliphatic carbocycles. The van der Waals surface area contributed by atoms with E-state index in [0.29, 0.717) is 6.54 Å². The van der Waals surface area contributed by atoms with Crippen LogP contribution in [0, 0.1) is 0 Å². The molecule has 1 atom stereocenters. The first-order chi connectivity index (χ1) is 10.8. The molecule has 0 radical (unpaired) electrons. The number of nitrogens with one attached hydrogen (secondary N) is 2. The highest BCUT2D eigenvalue weighted by Gasteiger charge is 2.20. The Labute approximate surface area is 131 Å². The molecule has 0 aromatic carbocycles. The second-order valence-electron chi connectivity index (χ2n) is 5.84. The predicted molar refractivity (Wildman–Crippen MR) is 84.8 cm³/mol. The zero-order valence-electron chi connectivity index (χ0n) is 12.9. The maximum absolute atomic E-state index is 12.1. The van der Waals surface area contributed by atoms with Gasteiger partial charge in [-0.05, 0) is 31.0 Å². The van der Waals surface area contributed by atoms with E-state index in [0.717, 1.165) is 63.5 Å². The Kier molecular flexibility index (Phi) is 5.24. The van der Waals surface area contributed by atoms with E-state index in [4.69, 9.17) is 4.74 Å². The van der Waals surface area contributed by atoms with Crippen molar-refractivity contribution in [3.05, 3.63) is 23.9 Å². The molecule has 3 heterocycles. The Hall–Kier alpha value is -1.66. The van der Waals surface area contributed by atoms with E-state index < -0.39 is 0 Å². The molecule has 2 N–H and O–H groups in total. The van der Waals surface area contributed by atoms with Crippen molar-refractivity contribution >= 4 is 11.7 Å². The lowest BCUT2D eigenvalue weighted by molar-refractivity contribution is -0.123. The molecule has 0 bridgehead atoms. The van der Waals surface area contributed by atoms with Gasteiger partial charge in [-0.15, -0.1) is 0 Å². The van der Waals surface area contributed by atoms with Crippen LogP contribution in [-0.4, -0.2) is 49.8 Å². The van der Waals surface area contributed by atoms with Crippen LogP contribution in [0.15, 0.2) is 18.3 Å². The summed E-state index contributed by atoms with van der Waals surface area (Å²) in [7, 11) is 0. The topological polar surface area (TPSA) is 66.5 Å². The molecule has 1 aromatic rings. The van der Waals surface area contributed by atoms with E-state index in [1.165, 1.54) is 0 Å². The largest absolute Gasteiger partial charge is 0.378 e. The molecular formula is C16H24N4O2. The maximum atomic E-state index is 12.1. The van der Waals surface area contributed by atoms with Crippen LogP contribution >= 0.6 is 0 Å². The molecule has 0 spiro atoms. The van der Waals surface area contributed by atoms with Crippen LogP contribution in [-0.2, 0) is 16.1 Å². The van der Waals surface area contributed by atoms with Gasteiger partial charge in [-0.1, -0.05) is 12.5 Å². The first-order valence-electron chi connectivity index (χ1n) is 8.11. The third-order valence-electron chi connectivity index (χ3n) is 4.24. The van der Waals surface area contributed by atoms with Crippen molar-refractivity contribution in [1.29, 1.82) is 0 Å². The smallest absolute Gasteiger partial charge is 0.237 e. The number of hydrogen-bond donors (Lipinski definition) is 2. The van der Waals surface area contributed by atoms with Crippen LogP contribution in [0.25, 0.3) is 0 Å². The number of pyridine rings is 1. The Bertz CT molecular complexity index is 479. The van der Waals surface area contributed by atoms with Crippen molar-refractivity contribution in [3.8, 4) is 0 Å². The molecule has 6 heteroatoms. The molecular weight excluding hydrogens is 280 g/mol. The van der Waals surface area contributed by atoms with Gasteiger partial charge in [0, 0.05) is 25.8 Å². The van der Waals surface area contributed by atoms with Crippen molar-refractivity contribution in [2.24, 2.45) is 0 Å². The summed E-state index contributed by atoms with van der Waals surface area (Å²) < 4.78 is 5.34. The van der Waals surface area contributed by atoms with Gasteiger partial charge >= 0.3 is 0 Å². The van der Waals surface area contributed by atoms with Gasteiger partial charge in [-0.3, -0.25) is 4.79 Å². The Morgan fingerprint density at radius 2 is 2.23 bits per heavy atom. The number of rotatable bonds is 4. The molecule has 2 aliphatic rings. The summed E-state index contributed by atoms with van der Waals surface area (Å²) in [6.07, 6.45) is 5.07. The average Bonchev–Trinajstić information content (AvgIpc) is 2.61. The van der Waals surface area contributed by atoms with Crippen molar-refractivity contribution in [1.82, 2.24) is 15.6 Å². The van der Waals surface area contributed by atoms with Gasteiger partial charge in [0.05, 0.1) is 19.3 Å². The zero-order valence-corrected chi connectivity index (χ0v) is 12.9. The fraction of sp³-hybridized carbons (Fsp3) is 0.625. The summed E-state index contributed by atoms with van der Waals surface area (Å²) in [6.45, 7) is 4.76. The maximum Gasteiger partial charge on any atom is 0.237 e. The number of morpholine rings is 1. The van der Waals surface area contributed by atoms with Crippen molar-refractivity contribution < 1.29 is 9.53 Å². The molecule has 0 unspecified atom stereocenters. The van der Waals surface area contributed by atoms with Crippen molar-refractivity contribution in [2.75, 3.05) is 37.7 Å². The second-order valence-corrected chi connectivity index (χ2v) is 5.84. The van der Waals surface area contributed by atoms with Gasteiger partial charge < -0.3 is 20.3 Å². The number of carbonyl (C=O) groups is 1. The number of ether oxygens (including phenoxy) is 1. The van der Waals surface area contributed by atoms with Gasteiger partial charge in [0.2, 0.25) is 5.91 Å². The molecule has 2 saturated heterocycles. The number of carbonyl (C=O) groups excluding carboxylic acids is 1. The van der Waals surface area contributed by atoms with E-state index in [1.54, 1.807) is 0 Å². The molecule has 120 valence electrons. The number of piperidine rings is 1. The van der Waals surface area contributed by atoms with Crippen LogP contribution in [0.2, 0.25) is 0 Å². The number of anilines is 1. The van der Waals surface area contributed by atoms with Gasteiger partial charge in [0.1, 0.15) is 5.82 Å². The minimum absolute atomic E-state index is 0.0330. The third-order valence-corrected chi connectivity index (χ3v) is 4.24. The predicted octanol–water partition coefficient (Wildman–Crippen LogP) is 0.676. The van der Waals surface area contributed by atoms with E-state index in [1.807, 2.05) is 18.3 Å². The van der Waals surface area contributed by atoms with E-state index >= 15 is 0 Å². The highest BCUT2D eigenvalue weighted by Crippen LogP contribution is 2.13. The monoisotopic (exact) mass is 304 g/mol. The van der Waals surface area contributed by atoms with Crippen LogP contribution in [0.4, 0.5) is 5.82 Å². The Balaban J connectivity index is 1.49. The molecule has 2 aliphatic heterocycles. The van der Waals surface area contributed by atoms with E-state index in [-0.39, 0.29) is 11.9 Å². The molecule has 1 aromatic heterocycles. The lowest BCUT2D eigenvalue weighted by Crippen LogP contribution is -2.46. The number of aromatic nitrogens is 1. The summed E-state index contributed by atoms with van der Waals surface area (Å²) >= 11 is 0. The van der Waals surface area contributed by atoms with Gasteiger partial charge in [-0.25, -0.2) is 4.98 Å². The Morgan fingerprint density at radius 3 is 2.91 bits per heavy atom. The molecule has 1 amide bonds. The SMILES string of the molecule is O=C(NCc1ccc(N2CCOCC2)nc1)[C@@H]1CCCCN1. The highest BCUT2D eigenvalue weighted by atomic mass is 16.5. The minimum Gasteiger partial charge on any atom is -0.378 e. The summed E-state index contributed by atoms with van der Waals surface area (Å²) in [5, 5.41) is 6.25. The summed E-state index contributed by atoms with van der Waals surface area (Å²) in [5.74, 6) is 1.07. The highest BCUT2D eigenvalue weighted by molar-refractivity contribution is 5.81. The first-order valence-corrected chi connectivity index (χ1v) is 8.11. The molecule has 2 fully saturated rings. The summed E-state index contributed by atoms with van der Waals surface area (Å²) in [6, 6.07) is 4.02. The van der Waals surface area contributed by atoms with Gasteiger partial charge in [0.15, 0.2) is 0 Å². The van der Waals surface area contributed by atoms with Crippen molar-refractivity contribution in [2.45, 2.75) is 31.8 Å². The number of hydrogen-bond acceptors (Lipinski definition) is 5. The summed E-state index contributed by atoms with van der Waals surface area (Å²) in [4.78, 5) is 18.8. The number of amides is 1. The quantitative estimate of drug-likeness (QED) is 0.856. The molecule has 22 heavy (non-hydrogen) atoms. The molecule has 0 saturated carbocycles. The van der Waals surface area contributed by atoms with Crippen LogP contribution in [0.1, 0.15) is 24.8 Å². The standard InChI is InChI=1S/C16H24N4O2/c21-16(14-3-1-2-6-17-14)19-12-13-4-5-15(18-11-13)20-7-9-22-10-8-20/h4-5,11,14,17H,1-3,6-10,12H2,(H,19,21)/t14-/m0/s1. The second kappa shape index (κ2) is 7.56. The van der Waals surface area contributed by atoms with E-state index in [9.17, 15) is 4.79 Å². The van der Waals surface area contributed by atoms with E-state index in [2.05, 4.69) is 20.5 Å². The molecule has 3 rings (SSSR count). The lowest BCUT2D eigenvalue weighted by atomic mass is 10.0. The minimum atomic E-state index is -0.0330. The average molecular weight is 304 g/mol. The first kappa shape index (κ1) is 15.2. The normalized spacial score (nSPS) is 22.4. The Morgan fingerprint density at radius 1 is 1.36 bits per heavy atom. The fourth-order valence-electron chi connectivity index (χ4n) is 2.89. The van der Waals surface area contributed by atoms with Crippen LogP contribution in [0.3, 0.4) is 0 Å². The third kappa shape index (κ3) is 3.96. The van der Waals surface area contributed by atoms with Gasteiger partial charge in [-0.2, -0.15) is 0 Å². The number of nitrogens with zero attached hydrogens (tertiary/aromatic N) is 2. The van der Waals surface area contributed by atoms with Crippen molar-refractivity contribution in [3.63, 3.8) is 0 Å². The summed E-state index contributed by atoms with van der Waals surface area (Å²) in [5.41, 5.74) is 1.03. The zero-order chi connectivity index (χ0) is 15.2. The van der Waals surface area contributed by atoms with Crippen LogP contribution in [0.5, 0.6) is 0 Å². The lowest BCUT2D eigenvalue weighted by Gasteiger charge is -2.27. The fourth-order valence-corrected chi connectivity index (χ4v) is 2.89.